The van der Waals surface area contributed by atoms with Gasteiger partial charge in [0.2, 0.25) is 0 Å². The van der Waals surface area contributed by atoms with Gasteiger partial charge in [0.25, 0.3) is 0 Å². The number of hydrogen-bond donors (Lipinski definition) is 2. The van der Waals surface area contributed by atoms with Crippen LogP contribution in [0.2, 0.25) is 5.02 Å². The summed E-state index contributed by atoms with van der Waals surface area (Å²) < 4.78 is 0. The number of halogens is 1. The second-order valence-corrected chi connectivity index (χ2v) is 3.67. The third-order valence-electron chi connectivity index (χ3n) is 2.13. The van der Waals surface area contributed by atoms with E-state index in [1.54, 1.807) is 6.07 Å². The molecule has 17 heavy (non-hydrogen) atoms. The molecule has 0 unspecified atom stereocenters. The Morgan fingerprint density at radius 2 is 2.00 bits per heavy atom. The number of carbonyl (C=O) groups is 1. The molecule has 1 aromatic heterocycles. The van der Waals surface area contributed by atoms with Crippen molar-refractivity contribution in [1.82, 2.24) is 9.97 Å². The smallest absolute Gasteiger partial charge is 0.354 e. The van der Waals surface area contributed by atoms with Crippen molar-refractivity contribution in [3.63, 3.8) is 0 Å². The van der Waals surface area contributed by atoms with E-state index in [0.29, 0.717) is 11.3 Å². The molecule has 2 aromatic rings. The lowest BCUT2D eigenvalue weighted by Gasteiger charge is -2.03. The summed E-state index contributed by atoms with van der Waals surface area (Å²) >= 11 is 5.67. The van der Waals surface area contributed by atoms with E-state index in [0.717, 1.165) is 6.33 Å². The predicted octanol–water partition coefficient (Wildman–Crippen LogP) is 2.20. The summed E-state index contributed by atoms with van der Waals surface area (Å²) in [4.78, 5) is 18.3. The largest absolute Gasteiger partial charge is 0.506 e. The summed E-state index contributed by atoms with van der Waals surface area (Å²) in [5.74, 6) is -1.22. The number of aromatic hydroxyl groups is 1. The molecule has 0 aliphatic heterocycles. The minimum Gasteiger partial charge on any atom is -0.506 e. The molecule has 0 saturated carbocycles. The van der Waals surface area contributed by atoms with E-state index in [1.807, 2.05) is 0 Å². The molecule has 5 nitrogen and oxygen atoms in total. The van der Waals surface area contributed by atoms with E-state index in [9.17, 15) is 9.90 Å². The van der Waals surface area contributed by atoms with Crippen LogP contribution in [0.15, 0.2) is 30.6 Å². The van der Waals surface area contributed by atoms with Gasteiger partial charge in [0.15, 0.2) is 5.69 Å². The normalized spacial score (nSPS) is 10.2. The Bertz CT molecular complexity index is 587. The van der Waals surface area contributed by atoms with Crippen molar-refractivity contribution in [3.8, 4) is 17.0 Å². The van der Waals surface area contributed by atoms with Gasteiger partial charge >= 0.3 is 5.97 Å². The van der Waals surface area contributed by atoms with E-state index in [2.05, 4.69) is 9.97 Å². The van der Waals surface area contributed by atoms with Gasteiger partial charge in [-0.1, -0.05) is 17.7 Å². The Morgan fingerprint density at radius 1 is 1.24 bits per heavy atom. The van der Waals surface area contributed by atoms with Gasteiger partial charge in [0.05, 0.1) is 10.7 Å². The summed E-state index contributed by atoms with van der Waals surface area (Å²) in [5, 5.41) is 18.5. The second-order valence-electron chi connectivity index (χ2n) is 3.26. The number of benzene rings is 1. The van der Waals surface area contributed by atoms with Crippen molar-refractivity contribution in [2.45, 2.75) is 0 Å². The predicted molar refractivity (Wildman–Crippen MR) is 61.1 cm³/mol. The summed E-state index contributed by atoms with van der Waals surface area (Å²) in [6.45, 7) is 0. The first-order valence-electron chi connectivity index (χ1n) is 4.62. The number of hydrogen-bond acceptors (Lipinski definition) is 4. The molecule has 0 saturated heterocycles. The first kappa shape index (κ1) is 11.3. The molecule has 2 N–H and O–H groups in total. The number of aromatic nitrogens is 2. The summed E-state index contributed by atoms with van der Waals surface area (Å²) in [6, 6.07) is 5.88. The molecule has 0 bridgehead atoms. The Kier molecular flexibility index (Phi) is 2.93. The molecule has 2 rings (SSSR count). The quantitative estimate of drug-likeness (QED) is 0.854. The zero-order valence-corrected chi connectivity index (χ0v) is 9.22. The van der Waals surface area contributed by atoms with Crippen LogP contribution < -0.4 is 0 Å². The number of carboxylic acids is 1. The Balaban J connectivity index is 2.49. The van der Waals surface area contributed by atoms with Crippen LogP contribution in [0.1, 0.15) is 10.5 Å². The van der Waals surface area contributed by atoms with E-state index < -0.39 is 5.97 Å². The minimum atomic E-state index is -1.13. The van der Waals surface area contributed by atoms with Crippen LogP contribution in [0, 0.1) is 0 Å². The molecular weight excluding hydrogens is 244 g/mol. The third-order valence-corrected chi connectivity index (χ3v) is 2.45. The molecule has 0 spiro atoms. The molecule has 0 amide bonds. The van der Waals surface area contributed by atoms with E-state index in [4.69, 9.17) is 16.7 Å². The van der Waals surface area contributed by atoms with Crippen molar-refractivity contribution >= 4 is 17.6 Å². The van der Waals surface area contributed by atoms with Gasteiger partial charge in [-0.25, -0.2) is 14.8 Å². The third kappa shape index (κ3) is 2.34. The van der Waals surface area contributed by atoms with E-state index >= 15 is 0 Å². The van der Waals surface area contributed by atoms with Crippen molar-refractivity contribution in [1.29, 1.82) is 0 Å². The summed E-state index contributed by atoms with van der Waals surface area (Å²) in [5.41, 5.74) is 0.866. The summed E-state index contributed by atoms with van der Waals surface area (Å²) in [6.07, 6.45) is 1.16. The SMILES string of the molecule is O=C(O)c1cc(-c2ccc(Cl)c(O)c2)ncn1. The van der Waals surface area contributed by atoms with Gasteiger partial charge in [-0.2, -0.15) is 0 Å². The average molecular weight is 251 g/mol. The Hall–Kier alpha value is -2.14. The molecule has 0 radical (unpaired) electrons. The minimum absolute atomic E-state index is 0.0837. The number of phenols is 1. The Labute approximate surface area is 101 Å². The fourth-order valence-electron chi connectivity index (χ4n) is 1.30. The molecular formula is C11H7ClN2O3. The van der Waals surface area contributed by atoms with Crippen molar-refractivity contribution < 1.29 is 15.0 Å². The highest BCUT2D eigenvalue weighted by Gasteiger charge is 2.08. The molecule has 0 atom stereocenters. The van der Waals surface area contributed by atoms with E-state index in [-0.39, 0.29) is 16.5 Å². The van der Waals surface area contributed by atoms with Gasteiger partial charge in [-0.05, 0) is 18.2 Å². The number of nitrogens with zero attached hydrogens (tertiary/aromatic N) is 2. The molecule has 0 aliphatic carbocycles. The lowest BCUT2D eigenvalue weighted by molar-refractivity contribution is 0.0690. The maximum absolute atomic E-state index is 10.7. The average Bonchev–Trinajstić information content (AvgIpc) is 2.33. The topological polar surface area (TPSA) is 83.3 Å². The monoisotopic (exact) mass is 250 g/mol. The number of aromatic carboxylic acids is 1. The maximum Gasteiger partial charge on any atom is 0.354 e. The van der Waals surface area contributed by atoms with Crippen LogP contribution in [0.5, 0.6) is 5.75 Å². The van der Waals surface area contributed by atoms with Gasteiger partial charge in [0, 0.05) is 5.56 Å². The van der Waals surface area contributed by atoms with Gasteiger partial charge in [-0.3, -0.25) is 0 Å². The van der Waals surface area contributed by atoms with Crippen molar-refractivity contribution in [3.05, 3.63) is 41.3 Å². The molecule has 0 aliphatic rings. The lowest BCUT2D eigenvalue weighted by Crippen LogP contribution is -2.01. The van der Waals surface area contributed by atoms with Gasteiger partial charge < -0.3 is 10.2 Å². The van der Waals surface area contributed by atoms with Crippen LogP contribution >= 0.6 is 11.6 Å². The van der Waals surface area contributed by atoms with Crippen molar-refractivity contribution in [2.75, 3.05) is 0 Å². The van der Waals surface area contributed by atoms with Crippen LogP contribution in [0.25, 0.3) is 11.3 Å². The highest BCUT2D eigenvalue weighted by molar-refractivity contribution is 6.32. The second kappa shape index (κ2) is 4.39. The highest BCUT2D eigenvalue weighted by Crippen LogP contribution is 2.28. The highest BCUT2D eigenvalue weighted by atomic mass is 35.5. The zero-order valence-electron chi connectivity index (χ0n) is 8.46. The molecule has 6 heteroatoms. The van der Waals surface area contributed by atoms with Crippen LogP contribution in [0.4, 0.5) is 0 Å². The standard InChI is InChI=1S/C11H7ClN2O3/c12-7-2-1-6(3-10(7)15)8-4-9(11(16)17)14-5-13-8/h1-5,15H,(H,16,17). The maximum atomic E-state index is 10.7. The number of rotatable bonds is 2. The van der Waals surface area contributed by atoms with Crippen molar-refractivity contribution in [2.24, 2.45) is 0 Å². The molecule has 1 aromatic carbocycles. The zero-order chi connectivity index (χ0) is 12.4. The first-order valence-corrected chi connectivity index (χ1v) is 5.00. The van der Waals surface area contributed by atoms with Crippen LogP contribution in [-0.4, -0.2) is 26.2 Å². The Morgan fingerprint density at radius 3 is 2.65 bits per heavy atom. The summed E-state index contributed by atoms with van der Waals surface area (Å²) in [7, 11) is 0. The van der Waals surface area contributed by atoms with Gasteiger partial charge in [-0.15, -0.1) is 0 Å². The van der Waals surface area contributed by atoms with E-state index in [1.165, 1.54) is 18.2 Å². The molecule has 0 fully saturated rings. The van der Waals surface area contributed by atoms with Gasteiger partial charge in [0.1, 0.15) is 12.1 Å². The fourth-order valence-corrected chi connectivity index (χ4v) is 1.42. The first-order chi connectivity index (χ1) is 8.08. The fraction of sp³-hybridized carbons (Fsp3) is 0. The lowest BCUT2D eigenvalue weighted by atomic mass is 10.1. The number of carboxylic acid groups (broad SMARTS) is 1. The van der Waals surface area contributed by atoms with Crippen LogP contribution in [0.3, 0.4) is 0 Å². The number of phenolic OH excluding ortho intramolecular Hbond substituents is 1. The van der Waals surface area contributed by atoms with Crippen LogP contribution in [-0.2, 0) is 0 Å². The molecule has 86 valence electrons. The molecule has 1 heterocycles.